The molecule has 0 spiro atoms. The van der Waals surface area contributed by atoms with E-state index in [1.54, 1.807) is 0 Å². The van der Waals surface area contributed by atoms with Gasteiger partial charge in [-0.3, -0.25) is 19.7 Å². The van der Waals surface area contributed by atoms with Gasteiger partial charge in [0.1, 0.15) is 5.82 Å². The zero-order chi connectivity index (χ0) is 16.3. The number of aromatic nitrogens is 1. The molecule has 22 heavy (non-hydrogen) atoms. The highest BCUT2D eigenvalue weighted by Gasteiger charge is 2.15. The number of nitro benzene ring substituents is 1. The lowest BCUT2D eigenvalue weighted by Gasteiger charge is -2.06. The Balaban J connectivity index is 2.18. The van der Waals surface area contributed by atoms with E-state index in [9.17, 15) is 19.7 Å². The fourth-order valence-electron chi connectivity index (χ4n) is 1.57. The lowest BCUT2D eigenvalue weighted by atomic mass is 10.2. The van der Waals surface area contributed by atoms with Gasteiger partial charge >= 0.3 is 0 Å². The average Bonchev–Trinajstić information content (AvgIpc) is 2.47. The molecular formula is C13H7Cl2N3O4. The van der Waals surface area contributed by atoms with Crippen molar-refractivity contribution in [3.63, 3.8) is 0 Å². The maximum atomic E-state index is 12.0. The first-order valence-electron chi connectivity index (χ1n) is 5.79. The Hall–Kier alpha value is -2.51. The van der Waals surface area contributed by atoms with Crippen molar-refractivity contribution in [3.05, 3.63) is 62.8 Å². The molecule has 0 atom stereocenters. The topological polar surface area (TPSA) is 102 Å². The van der Waals surface area contributed by atoms with Crippen LogP contribution in [-0.4, -0.2) is 21.1 Å². The van der Waals surface area contributed by atoms with Crippen molar-refractivity contribution in [1.29, 1.82) is 0 Å². The number of rotatable bonds is 4. The van der Waals surface area contributed by atoms with Crippen LogP contribution in [0.15, 0.2) is 36.5 Å². The van der Waals surface area contributed by atoms with E-state index < -0.39 is 16.1 Å². The highest BCUT2D eigenvalue weighted by Crippen LogP contribution is 2.23. The molecule has 7 nitrogen and oxygen atoms in total. The normalized spacial score (nSPS) is 10.1. The third-order valence-corrected chi connectivity index (χ3v) is 3.17. The van der Waals surface area contributed by atoms with Crippen LogP contribution in [0.5, 0.6) is 0 Å². The van der Waals surface area contributed by atoms with E-state index in [2.05, 4.69) is 10.3 Å². The lowest BCUT2D eigenvalue weighted by Crippen LogP contribution is -2.13. The summed E-state index contributed by atoms with van der Waals surface area (Å²) < 4.78 is 0. The number of hydrogen-bond donors (Lipinski definition) is 1. The summed E-state index contributed by atoms with van der Waals surface area (Å²) in [4.78, 5) is 36.8. The maximum absolute atomic E-state index is 12.0. The number of nitrogens with one attached hydrogen (secondary N) is 1. The monoisotopic (exact) mass is 339 g/mol. The van der Waals surface area contributed by atoms with Crippen molar-refractivity contribution < 1.29 is 14.5 Å². The fourth-order valence-corrected chi connectivity index (χ4v) is 1.94. The molecule has 0 radical (unpaired) electrons. The van der Waals surface area contributed by atoms with Gasteiger partial charge in [-0.25, -0.2) is 4.98 Å². The average molecular weight is 340 g/mol. The molecule has 1 amide bonds. The van der Waals surface area contributed by atoms with Gasteiger partial charge in [0, 0.05) is 18.3 Å². The van der Waals surface area contributed by atoms with Crippen molar-refractivity contribution in [2.45, 2.75) is 0 Å². The molecule has 0 fully saturated rings. The number of halogens is 2. The van der Waals surface area contributed by atoms with Gasteiger partial charge in [0.2, 0.25) is 0 Å². The fraction of sp³-hybridized carbons (Fsp3) is 0. The van der Waals surface area contributed by atoms with Gasteiger partial charge in [0.15, 0.2) is 0 Å². The van der Waals surface area contributed by atoms with Crippen LogP contribution in [0.2, 0.25) is 5.02 Å². The van der Waals surface area contributed by atoms with E-state index in [-0.39, 0.29) is 27.7 Å². The molecule has 1 aromatic carbocycles. The SMILES string of the molecule is O=C(Cl)c1ccc(NC(=O)c2ccc([N+](=O)[O-])cc2Cl)nc1. The summed E-state index contributed by atoms with van der Waals surface area (Å²) >= 11 is 11.1. The summed E-state index contributed by atoms with van der Waals surface area (Å²) in [5, 5.41) is 12.3. The summed E-state index contributed by atoms with van der Waals surface area (Å²) in [6, 6.07) is 6.29. The Morgan fingerprint density at radius 3 is 2.45 bits per heavy atom. The molecule has 0 saturated carbocycles. The lowest BCUT2D eigenvalue weighted by molar-refractivity contribution is -0.384. The summed E-state index contributed by atoms with van der Waals surface area (Å²) in [5.41, 5.74) is 0.0317. The van der Waals surface area contributed by atoms with E-state index in [0.717, 1.165) is 6.07 Å². The molecule has 1 heterocycles. The second-order valence-electron chi connectivity index (χ2n) is 4.08. The minimum Gasteiger partial charge on any atom is -0.307 e. The van der Waals surface area contributed by atoms with Gasteiger partial charge in [-0.1, -0.05) is 11.6 Å². The molecule has 0 unspecified atom stereocenters. The summed E-state index contributed by atoms with van der Waals surface area (Å²) in [5.74, 6) is -0.404. The minimum absolute atomic E-state index is 0.0562. The second-order valence-corrected chi connectivity index (χ2v) is 4.83. The van der Waals surface area contributed by atoms with Crippen LogP contribution in [0, 0.1) is 10.1 Å². The number of nitrogens with zero attached hydrogens (tertiary/aromatic N) is 2. The molecule has 0 saturated heterocycles. The van der Waals surface area contributed by atoms with Crippen molar-refractivity contribution in [2.75, 3.05) is 5.32 Å². The molecule has 2 rings (SSSR count). The van der Waals surface area contributed by atoms with E-state index in [4.69, 9.17) is 23.2 Å². The van der Waals surface area contributed by atoms with Crippen LogP contribution in [-0.2, 0) is 0 Å². The van der Waals surface area contributed by atoms with E-state index in [1.807, 2.05) is 0 Å². The molecule has 2 aromatic rings. The minimum atomic E-state index is -0.663. The number of nitro groups is 1. The Labute approximate surface area is 134 Å². The number of non-ortho nitro benzene ring substituents is 1. The Kier molecular flexibility index (Phi) is 4.69. The maximum Gasteiger partial charge on any atom is 0.270 e. The van der Waals surface area contributed by atoms with E-state index >= 15 is 0 Å². The van der Waals surface area contributed by atoms with Crippen molar-refractivity contribution in [3.8, 4) is 0 Å². The van der Waals surface area contributed by atoms with Crippen LogP contribution in [0.1, 0.15) is 20.7 Å². The first kappa shape index (κ1) is 15.9. The number of hydrogen-bond acceptors (Lipinski definition) is 5. The highest BCUT2D eigenvalue weighted by molar-refractivity contribution is 6.67. The number of carbonyl (C=O) groups is 2. The largest absolute Gasteiger partial charge is 0.307 e. The number of benzene rings is 1. The molecular weight excluding hydrogens is 333 g/mol. The molecule has 0 bridgehead atoms. The smallest absolute Gasteiger partial charge is 0.270 e. The Morgan fingerprint density at radius 1 is 1.23 bits per heavy atom. The van der Waals surface area contributed by atoms with Gasteiger partial charge in [0.05, 0.1) is 21.1 Å². The molecule has 0 aliphatic rings. The van der Waals surface area contributed by atoms with Crippen LogP contribution in [0.4, 0.5) is 11.5 Å². The van der Waals surface area contributed by atoms with Gasteiger partial charge < -0.3 is 5.32 Å². The zero-order valence-electron chi connectivity index (χ0n) is 10.7. The first-order valence-corrected chi connectivity index (χ1v) is 6.55. The van der Waals surface area contributed by atoms with Crippen LogP contribution < -0.4 is 5.32 Å². The molecule has 0 aliphatic heterocycles. The Morgan fingerprint density at radius 2 is 1.95 bits per heavy atom. The van der Waals surface area contributed by atoms with Crippen molar-refractivity contribution in [1.82, 2.24) is 4.98 Å². The van der Waals surface area contributed by atoms with Gasteiger partial charge in [-0.05, 0) is 29.8 Å². The number of pyridine rings is 1. The third-order valence-electron chi connectivity index (χ3n) is 2.64. The van der Waals surface area contributed by atoms with Crippen LogP contribution in [0.3, 0.4) is 0 Å². The summed E-state index contributed by atoms with van der Waals surface area (Å²) in [6.07, 6.45) is 1.21. The van der Waals surface area contributed by atoms with Crippen LogP contribution in [0.25, 0.3) is 0 Å². The highest BCUT2D eigenvalue weighted by atomic mass is 35.5. The molecule has 9 heteroatoms. The van der Waals surface area contributed by atoms with Crippen LogP contribution >= 0.6 is 23.2 Å². The summed E-state index contributed by atoms with van der Waals surface area (Å²) in [7, 11) is 0. The Bertz CT molecular complexity index is 762. The molecule has 1 aromatic heterocycles. The van der Waals surface area contributed by atoms with E-state index in [1.165, 1.54) is 30.5 Å². The predicted molar refractivity (Wildman–Crippen MR) is 80.5 cm³/mol. The van der Waals surface area contributed by atoms with Gasteiger partial charge in [-0.15, -0.1) is 0 Å². The summed E-state index contributed by atoms with van der Waals surface area (Å²) in [6.45, 7) is 0. The number of carbonyl (C=O) groups excluding carboxylic acids is 2. The van der Waals surface area contributed by atoms with Gasteiger partial charge in [0.25, 0.3) is 16.8 Å². The number of anilines is 1. The molecule has 0 aliphatic carbocycles. The van der Waals surface area contributed by atoms with Gasteiger partial charge in [-0.2, -0.15) is 0 Å². The third kappa shape index (κ3) is 3.57. The number of amides is 1. The zero-order valence-corrected chi connectivity index (χ0v) is 12.3. The second kappa shape index (κ2) is 6.50. The molecule has 1 N–H and O–H groups in total. The molecule has 112 valence electrons. The quantitative estimate of drug-likeness (QED) is 0.523. The predicted octanol–water partition coefficient (Wildman–Crippen LogP) is 3.27. The van der Waals surface area contributed by atoms with Crippen molar-refractivity contribution in [2.24, 2.45) is 0 Å². The van der Waals surface area contributed by atoms with Crippen molar-refractivity contribution >= 4 is 45.9 Å². The first-order chi connectivity index (χ1) is 10.4. The standard InChI is InChI=1S/C13H7Cl2N3O4/c14-10-5-8(18(21)22)2-3-9(10)13(20)17-11-4-1-7(6-16-11)12(15)19/h1-6H,(H,16,17,20). The van der Waals surface area contributed by atoms with E-state index in [0.29, 0.717) is 0 Å².